The summed E-state index contributed by atoms with van der Waals surface area (Å²) in [5, 5.41) is 24.2. The zero-order valence-electron chi connectivity index (χ0n) is 16.8. The number of carbonyl (C=O) groups is 1. The lowest BCUT2D eigenvalue weighted by Crippen LogP contribution is -2.43. The van der Waals surface area contributed by atoms with E-state index in [-0.39, 0.29) is 12.1 Å². The van der Waals surface area contributed by atoms with E-state index in [1.54, 1.807) is 0 Å². The molecular weight excluding hydrogens is 356 g/mol. The second-order valence-corrected chi connectivity index (χ2v) is 7.90. The van der Waals surface area contributed by atoms with E-state index in [1.165, 1.54) is 0 Å². The van der Waals surface area contributed by atoms with Crippen molar-refractivity contribution in [2.75, 3.05) is 13.1 Å². The lowest BCUT2D eigenvalue weighted by molar-refractivity contribution is 0.123. The number of rotatable bonds is 7. The summed E-state index contributed by atoms with van der Waals surface area (Å²) >= 11 is 0. The van der Waals surface area contributed by atoms with Gasteiger partial charge in [0.1, 0.15) is 0 Å². The maximum absolute atomic E-state index is 11.3. The minimum Gasteiger partial charge on any atom is -0.465 e. The Kier molecular flexibility index (Phi) is 6.61. The molecule has 0 spiro atoms. The second kappa shape index (κ2) is 9.14. The minimum atomic E-state index is -0.986. The van der Waals surface area contributed by atoms with Gasteiger partial charge in [0, 0.05) is 25.0 Å². The van der Waals surface area contributed by atoms with Crippen LogP contribution < -0.4 is 5.32 Å². The van der Waals surface area contributed by atoms with Crippen LogP contribution in [0.25, 0.3) is 0 Å². The third-order valence-electron chi connectivity index (χ3n) is 5.58. The summed E-state index contributed by atoms with van der Waals surface area (Å²) in [5.41, 5.74) is 1.00. The quantitative estimate of drug-likeness (QED) is 0.758. The van der Waals surface area contributed by atoms with Crippen molar-refractivity contribution in [2.45, 2.75) is 64.1 Å². The van der Waals surface area contributed by atoms with Gasteiger partial charge in [-0.05, 0) is 42.2 Å². The molecule has 1 saturated heterocycles. The number of nitrogens with one attached hydrogen (secondary N) is 1. The van der Waals surface area contributed by atoms with E-state index in [9.17, 15) is 9.90 Å². The van der Waals surface area contributed by atoms with E-state index in [4.69, 9.17) is 0 Å². The molecule has 152 valence electrons. The Morgan fingerprint density at radius 3 is 2.50 bits per heavy atom. The Hall–Kier alpha value is -2.48. The van der Waals surface area contributed by atoms with Crippen LogP contribution in [0.3, 0.4) is 0 Å². The Balaban J connectivity index is 1.60. The number of piperidine rings is 1. The second-order valence-electron chi connectivity index (χ2n) is 7.90. The molecule has 1 fully saturated rings. The highest BCUT2D eigenvalue weighted by Gasteiger charge is 2.28. The first-order valence-corrected chi connectivity index (χ1v) is 10.0. The van der Waals surface area contributed by atoms with Gasteiger partial charge in [0.25, 0.3) is 0 Å². The summed E-state index contributed by atoms with van der Waals surface area (Å²) in [6.07, 6.45) is 1.75. The minimum absolute atomic E-state index is 0.210. The van der Waals surface area contributed by atoms with Crippen LogP contribution in [0.4, 0.5) is 4.79 Å². The average Bonchev–Trinajstić information content (AvgIpc) is 3.18. The SMILES string of the molecule is CC(C)c1nnnn1C1CCN(C(C)C[C@H](NC(=O)O)c2ccccc2)CC1. The van der Waals surface area contributed by atoms with Crippen LogP contribution in [0, 0.1) is 0 Å². The molecule has 1 aromatic heterocycles. The predicted octanol–water partition coefficient (Wildman–Crippen LogP) is 3.22. The van der Waals surface area contributed by atoms with Gasteiger partial charge in [-0.25, -0.2) is 9.48 Å². The lowest BCUT2D eigenvalue weighted by Gasteiger charge is -2.37. The van der Waals surface area contributed by atoms with E-state index >= 15 is 0 Å². The fraction of sp³-hybridized carbons (Fsp3) is 0.600. The molecule has 2 heterocycles. The number of carboxylic acid groups (broad SMARTS) is 1. The highest BCUT2D eigenvalue weighted by molar-refractivity contribution is 5.65. The maximum atomic E-state index is 11.3. The van der Waals surface area contributed by atoms with Crippen molar-refractivity contribution < 1.29 is 9.90 Å². The fourth-order valence-electron chi connectivity index (χ4n) is 4.01. The van der Waals surface area contributed by atoms with Crippen LogP contribution in [0.15, 0.2) is 30.3 Å². The average molecular weight is 387 g/mol. The standard InChI is InChI=1S/C20H30N6O2/c1-14(2)19-22-23-24-26(19)17-9-11-25(12-10-17)15(3)13-18(21-20(27)28)16-7-5-4-6-8-16/h4-8,14-15,17-18,21H,9-13H2,1-3H3,(H,27,28)/t15?,18-/m0/s1. The number of benzene rings is 1. The normalized spacial score (nSPS) is 18.1. The Morgan fingerprint density at radius 1 is 1.21 bits per heavy atom. The molecule has 1 aromatic carbocycles. The van der Waals surface area contributed by atoms with Crippen molar-refractivity contribution in [1.29, 1.82) is 0 Å². The third kappa shape index (κ3) is 4.86. The van der Waals surface area contributed by atoms with Gasteiger partial charge in [0.05, 0.1) is 12.1 Å². The molecular formula is C20H30N6O2. The van der Waals surface area contributed by atoms with Crippen LogP contribution in [-0.2, 0) is 0 Å². The summed E-state index contributed by atoms with van der Waals surface area (Å²) in [6, 6.07) is 10.2. The summed E-state index contributed by atoms with van der Waals surface area (Å²) in [7, 11) is 0. The van der Waals surface area contributed by atoms with E-state index < -0.39 is 6.09 Å². The van der Waals surface area contributed by atoms with Crippen molar-refractivity contribution in [2.24, 2.45) is 0 Å². The first kappa shape index (κ1) is 20.3. The first-order valence-electron chi connectivity index (χ1n) is 10.0. The number of nitrogens with zero attached hydrogens (tertiary/aromatic N) is 5. The summed E-state index contributed by atoms with van der Waals surface area (Å²) in [6.45, 7) is 8.31. The molecule has 3 rings (SSSR count). The maximum Gasteiger partial charge on any atom is 0.405 e. The molecule has 0 bridgehead atoms. The number of amides is 1. The van der Waals surface area contributed by atoms with Gasteiger partial charge in [0.15, 0.2) is 5.82 Å². The van der Waals surface area contributed by atoms with Gasteiger partial charge in [-0.1, -0.05) is 44.2 Å². The van der Waals surface area contributed by atoms with Gasteiger partial charge < -0.3 is 15.3 Å². The third-order valence-corrected chi connectivity index (χ3v) is 5.58. The van der Waals surface area contributed by atoms with E-state index in [2.05, 4.69) is 46.5 Å². The first-order chi connectivity index (χ1) is 13.5. The van der Waals surface area contributed by atoms with Gasteiger partial charge >= 0.3 is 6.09 Å². The monoisotopic (exact) mass is 386 g/mol. The molecule has 1 aliphatic rings. The Bertz CT molecular complexity index is 755. The molecule has 2 atom stereocenters. The predicted molar refractivity (Wildman–Crippen MR) is 106 cm³/mol. The molecule has 28 heavy (non-hydrogen) atoms. The van der Waals surface area contributed by atoms with Gasteiger partial charge in [-0.2, -0.15) is 0 Å². The van der Waals surface area contributed by atoms with Crippen molar-refractivity contribution in [1.82, 2.24) is 30.4 Å². The molecule has 2 N–H and O–H groups in total. The van der Waals surface area contributed by atoms with Crippen molar-refractivity contribution in [3.05, 3.63) is 41.7 Å². The summed E-state index contributed by atoms with van der Waals surface area (Å²) < 4.78 is 1.99. The molecule has 0 saturated carbocycles. The smallest absolute Gasteiger partial charge is 0.405 e. The van der Waals surface area contributed by atoms with Crippen LogP contribution in [0.2, 0.25) is 0 Å². The highest BCUT2D eigenvalue weighted by atomic mass is 16.4. The van der Waals surface area contributed by atoms with Gasteiger partial charge in [0.2, 0.25) is 0 Å². The van der Waals surface area contributed by atoms with Crippen molar-refractivity contribution in [3.8, 4) is 0 Å². The Morgan fingerprint density at radius 2 is 1.89 bits per heavy atom. The molecule has 8 heteroatoms. The Labute approximate surface area is 165 Å². The van der Waals surface area contributed by atoms with Crippen molar-refractivity contribution in [3.63, 3.8) is 0 Å². The van der Waals surface area contributed by atoms with Crippen LogP contribution in [0.1, 0.15) is 69.4 Å². The number of likely N-dealkylation sites (tertiary alicyclic amines) is 1. The molecule has 1 unspecified atom stereocenters. The zero-order chi connectivity index (χ0) is 20.1. The summed E-state index contributed by atoms with van der Waals surface area (Å²) in [4.78, 5) is 13.7. The topological polar surface area (TPSA) is 96.2 Å². The number of tetrazole rings is 1. The summed E-state index contributed by atoms with van der Waals surface area (Å²) in [5.74, 6) is 1.25. The largest absolute Gasteiger partial charge is 0.465 e. The highest BCUT2D eigenvalue weighted by Crippen LogP contribution is 2.28. The molecule has 1 amide bonds. The van der Waals surface area contributed by atoms with E-state index in [1.807, 2.05) is 35.0 Å². The molecule has 1 aliphatic heterocycles. The van der Waals surface area contributed by atoms with E-state index in [0.717, 1.165) is 43.7 Å². The van der Waals surface area contributed by atoms with Crippen LogP contribution in [-0.4, -0.2) is 55.4 Å². The number of hydrogen-bond acceptors (Lipinski definition) is 5. The lowest BCUT2D eigenvalue weighted by atomic mass is 9.96. The van der Waals surface area contributed by atoms with Crippen LogP contribution >= 0.6 is 0 Å². The molecule has 0 aliphatic carbocycles. The van der Waals surface area contributed by atoms with Gasteiger partial charge in [-0.15, -0.1) is 5.10 Å². The van der Waals surface area contributed by atoms with Gasteiger partial charge in [-0.3, -0.25) is 0 Å². The number of hydrogen-bond donors (Lipinski definition) is 2. The zero-order valence-corrected chi connectivity index (χ0v) is 16.8. The molecule has 2 aromatic rings. The number of aromatic nitrogens is 4. The molecule has 0 radical (unpaired) electrons. The van der Waals surface area contributed by atoms with Crippen molar-refractivity contribution >= 4 is 6.09 Å². The van der Waals surface area contributed by atoms with E-state index in [0.29, 0.717) is 12.0 Å². The molecule has 8 nitrogen and oxygen atoms in total. The van der Waals surface area contributed by atoms with Crippen LogP contribution in [0.5, 0.6) is 0 Å². The fourth-order valence-corrected chi connectivity index (χ4v) is 4.01.